The molecule has 0 radical (unpaired) electrons. The maximum atomic E-state index is 12.2. The van der Waals surface area contributed by atoms with Crippen LogP contribution in [0.5, 0.6) is 0 Å². The van der Waals surface area contributed by atoms with Gasteiger partial charge in [0.15, 0.2) is 5.69 Å². The van der Waals surface area contributed by atoms with Gasteiger partial charge in [0.05, 0.1) is 11.3 Å². The summed E-state index contributed by atoms with van der Waals surface area (Å²) >= 11 is 5.94. The number of halogens is 1. The first-order chi connectivity index (χ1) is 13.0. The van der Waals surface area contributed by atoms with Gasteiger partial charge in [-0.3, -0.25) is 14.4 Å². The van der Waals surface area contributed by atoms with Crippen LogP contribution >= 0.6 is 11.6 Å². The minimum absolute atomic E-state index is 0.0373. The predicted octanol–water partition coefficient (Wildman–Crippen LogP) is 2.06. The average molecular weight is 385 g/mol. The number of rotatable bonds is 5. The third kappa shape index (κ3) is 4.10. The molecule has 136 valence electrons. The number of hydrogen-bond donors (Lipinski definition) is 4. The van der Waals surface area contributed by atoms with Crippen LogP contribution in [0.3, 0.4) is 0 Å². The van der Waals surface area contributed by atoms with Crippen molar-refractivity contribution in [2.45, 2.75) is 0 Å². The lowest BCUT2D eigenvalue weighted by molar-refractivity contribution is 0.0972. The highest BCUT2D eigenvalue weighted by molar-refractivity contribution is 6.34. The van der Waals surface area contributed by atoms with E-state index in [1.54, 1.807) is 36.4 Å². The molecule has 0 aliphatic carbocycles. The maximum Gasteiger partial charge on any atom is 0.275 e. The Hall–Kier alpha value is -3.72. The van der Waals surface area contributed by atoms with E-state index in [0.717, 1.165) is 0 Å². The molecule has 0 aliphatic heterocycles. The number of carbonyl (C=O) groups excluding carboxylic acids is 3. The zero-order valence-corrected chi connectivity index (χ0v) is 14.4. The minimum Gasteiger partial charge on any atom is -0.364 e. The van der Waals surface area contributed by atoms with Crippen LogP contribution in [-0.2, 0) is 0 Å². The van der Waals surface area contributed by atoms with E-state index in [1.165, 1.54) is 12.5 Å². The number of anilines is 2. The van der Waals surface area contributed by atoms with Gasteiger partial charge in [0.25, 0.3) is 17.7 Å². The second-order valence-electron chi connectivity index (χ2n) is 5.31. The van der Waals surface area contributed by atoms with Crippen LogP contribution < -0.4 is 16.4 Å². The number of aromatic amines is 1. The molecule has 0 saturated heterocycles. The summed E-state index contributed by atoms with van der Waals surface area (Å²) in [6.07, 6.45) is 2.67. The first-order valence-electron chi connectivity index (χ1n) is 7.62. The number of H-pyrrole nitrogens is 1. The molecular weight excluding hydrogens is 372 g/mol. The smallest absolute Gasteiger partial charge is 0.275 e. The van der Waals surface area contributed by atoms with E-state index < -0.39 is 17.7 Å². The normalized spacial score (nSPS) is 10.3. The van der Waals surface area contributed by atoms with Gasteiger partial charge < -0.3 is 21.4 Å². The number of hydrogen-bond acceptors (Lipinski definition) is 5. The van der Waals surface area contributed by atoms with Gasteiger partial charge in [-0.2, -0.15) is 0 Å². The Kier molecular flexibility index (Phi) is 5.13. The summed E-state index contributed by atoms with van der Waals surface area (Å²) in [6.45, 7) is 0. The van der Waals surface area contributed by atoms with Crippen LogP contribution in [-0.4, -0.2) is 32.7 Å². The fourth-order valence-corrected chi connectivity index (χ4v) is 2.44. The molecule has 0 atom stereocenters. The Morgan fingerprint density at radius 1 is 0.926 bits per heavy atom. The summed E-state index contributed by atoms with van der Waals surface area (Å²) in [5, 5.41) is 5.49. The molecule has 3 rings (SSSR count). The van der Waals surface area contributed by atoms with Crippen molar-refractivity contribution in [2.24, 2.45) is 5.73 Å². The van der Waals surface area contributed by atoms with Gasteiger partial charge in [-0.05, 0) is 36.4 Å². The predicted molar refractivity (Wildman–Crippen MR) is 98.7 cm³/mol. The third-order valence-corrected chi connectivity index (χ3v) is 3.78. The summed E-state index contributed by atoms with van der Waals surface area (Å²) in [4.78, 5) is 45.8. The Morgan fingerprint density at radius 2 is 1.56 bits per heavy atom. The largest absolute Gasteiger partial charge is 0.364 e. The van der Waals surface area contributed by atoms with Crippen molar-refractivity contribution in [1.29, 1.82) is 0 Å². The average Bonchev–Trinajstić information content (AvgIpc) is 3.14. The van der Waals surface area contributed by atoms with Gasteiger partial charge in [0.1, 0.15) is 11.4 Å². The monoisotopic (exact) mass is 384 g/mol. The van der Waals surface area contributed by atoms with Crippen LogP contribution in [0.15, 0.2) is 48.9 Å². The van der Waals surface area contributed by atoms with Crippen LogP contribution in [0.25, 0.3) is 0 Å². The number of nitrogens with one attached hydrogen (secondary N) is 3. The summed E-state index contributed by atoms with van der Waals surface area (Å²) in [6, 6.07) is 9.53. The molecule has 27 heavy (non-hydrogen) atoms. The third-order valence-electron chi connectivity index (χ3n) is 3.47. The minimum atomic E-state index is -0.812. The Labute approximate surface area is 158 Å². The molecule has 2 heterocycles. The molecule has 0 bridgehead atoms. The van der Waals surface area contributed by atoms with Crippen LogP contribution in [0, 0.1) is 0 Å². The van der Waals surface area contributed by atoms with Crippen molar-refractivity contribution in [1.82, 2.24) is 15.0 Å². The Morgan fingerprint density at radius 3 is 2.15 bits per heavy atom. The van der Waals surface area contributed by atoms with E-state index in [1.807, 2.05) is 0 Å². The summed E-state index contributed by atoms with van der Waals surface area (Å²) in [7, 11) is 0. The number of aromatic nitrogens is 3. The summed E-state index contributed by atoms with van der Waals surface area (Å²) in [5.74, 6) is -1.84. The molecule has 1 aromatic carbocycles. The number of pyridine rings is 1. The zero-order valence-electron chi connectivity index (χ0n) is 13.7. The standard InChI is InChI=1S/C17H13ClN6O3/c18-11-2-1-7-20-12(11)16(26)23-9-3-5-10(6-4-9)24-17(27)14-13(15(19)25)21-8-22-14/h1-8H,(H2,19,25)(H,21,22)(H,23,26)(H,24,27). The SMILES string of the molecule is NC(=O)c1nc[nH]c1C(=O)Nc1ccc(NC(=O)c2ncccc2Cl)cc1. The Bertz CT molecular complexity index is 1020. The molecule has 2 aromatic heterocycles. The lowest BCUT2D eigenvalue weighted by atomic mass is 10.2. The summed E-state index contributed by atoms with van der Waals surface area (Å²) < 4.78 is 0. The van der Waals surface area contributed by atoms with Gasteiger partial charge >= 0.3 is 0 Å². The van der Waals surface area contributed by atoms with Crippen molar-refractivity contribution in [3.8, 4) is 0 Å². The fourth-order valence-electron chi connectivity index (χ4n) is 2.23. The van der Waals surface area contributed by atoms with Crippen molar-refractivity contribution >= 4 is 40.7 Å². The molecule has 3 aromatic rings. The van der Waals surface area contributed by atoms with E-state index in [4.69, 9.17) is 17.3 Å². The van der Waals surface area contributed by atoms with Gasteiger partial charge in [-0.25, -0.2) is 9.97 Å². The first-order valence-corrected chi connectivity index (χ1v) is 8.00. The molecule has 0 fully saturated rings. The second-order valence-corrected chi connectivity index (χ2v) is 5.72. The van der Waals surface area contributed by atoms with Crippen molar-refractivity contribution in [2.75, 3.05) is 10.6 Å². The van der Waals surface area contributed by atoms with Crippen molar-refractivity contribution in [3.05, 3.63) is 71.0 Å². The number of imidazole rings is 1. The van der Waals surface area contributed by atoms with Crippen LogP contribution in [0.2, 0.25) is 5.02 Å². The van der Waals surface area contributed by atoms with Crippen LogP contribution in [0.1, 0.15) is 31.5 Å². The van der Waals surface area contributed by atoms with Gasteiger partial charge in [-0.15, -0.1) is 0 Å². The quantitative estimate of drug-likeness (QED) is 0.532. The maximum absolute atomic E-state index is 12.2. The highest BCUT2D eigenvalue weighted by Crippen LogP contribution is 2.18. The van der Waals surface area contributed by atoms with E-state index >= 15 is 0 Å². The lowest BCUT2D eigenvalue weighted by Crippen LogP contribution is -2.20. The van der Waals surface area contributed by atoms with E-state index in [2.05, 4.69) is 25.6 Å². The molecule has 0 aliphatic rings. The number of nitrogens with zero attached hydrogens (tertiary/aromatic N) is 2. The highest BCUT2D eigenvalue weighted by Gasteiger charge is 2.18. The molecule has 10 heteroatoms. The van der Waals surface area contributed by atoms with Crippen molar-refractivity contribution < 1.29 is 14.4 Å². The van der Waals surface area contributed by atoms with Gasteiger partial charge in [0, 0.05) is 17.6 Å². The molecule has 5 N–H and O–H groups in total. The Balaban J connectivity index is 1.68. The van der Waals surface area contributed by atoms with E-state index in [0.29, 0.717) is 11.4 Å². The molecule has 3 amide bonds. The number of primary amides is 1. The summed E-state index contributed by atoms with van der Waals surface area (Å²) in [5.41, 5.74) is 6.01. The second kappa shape index (κ2) is 7.67. The molecule has 0 saturated carbocycles. The first kappa shape index (κ1) is 18.1. The van der Waals surface area contributed by atoms with Crippen molar-refractivity contribution in [3.63, 3.8) is 0 Å². The molecular formula is C17H13ClN6O3. The van der Waals surface area contributed by atoms with E-state index in [9.17, 15) is 14.4 Å². The zero-order chi connectivity index (χ0) is 19.4. The number of benzene rings is 1. The number of amides is 3. The van der Waals surface area contributed by atoms with Gasteiger partial charge in [-0.1, -0.05) is 11.6 Å². The van der Waals surface area contributed by atoms with Gasteiger partial charge in [0.2, 0.25) is 0 Å². The molecule has 0 spiro atoms. The molecule has 0 unspecified atom stereocenters. The van der Waals surface area contributed by atoms with Crippen LogP contribution in [0.4, 0.5) is 11.4 Å². The highest BCUT2D eigenvalue weighted by atomic mass is 35.5. The number of nitrogens with two attached hydrogens (primary N) is 1. The molecule has 9 nitrogen and oxygen atoms in total. The number of carbonyl (C=O) groups is 3. The topological polar surface area (TPSA) is 143 Å². The van der Waals surface area contributed by atoms with E-state index in [-0.39, 0.29) is 22.1 Å². The lowest BCUT2D eigenvalue weighted by Gasteiger charge is -2.08. The fraction of sp³-hybridized carbons (Fsp3) is 0.